The maximum atomic E-state index is 11.8. The number of carbonyl (C=O) groups is 1. The number of amides is 1. The fourth-order valence-corrected chi connectivity index (χ4v) is 1.97. The maximum absolute atomic E-state index is 11.8. The van der Waals surface area contributed by atoms with E-state index in [1.54, 1.807) is 0 Å². The monoisotopic (exact) mass is 233 g/mol. The van der Waals surface area contributed by atoms with Crippen molar-refractivity contribution in [1.29, 1.82) is 0 Å². The van der Waals surface area contributed by atoms with Crippen molar-refractivity contribution in [3.8, 4) is 0 Å². The average Bonchev–Trinajstić information content (AvgIpc) is 2.69. The molecule has 1 amide bonds. The zero-order valence-corrected chi connectivity index (χ0v) is 10.2. The van der Waals surface area contributed by atoms with E-state index in [9.17, 15) is 4.79 Å². The number of carbonyl (C=O) groups excluding carboxylic acids is 1. The Balaban J connectivity index is 2.38. The second kappa shape index (κ2) is 6.33. The summed E-state index contributed by atoms with van der Waals surface area (Å²) in [6, 6.07) is 0.190. The van der Waals surface area contributed by atoms with E-state index < -0.39 is 0 Å². The largest absolute Gasteiger partial charge is 0.381 e. The lowest BCUT2D eigenvalue weighted by molar-refractivity contribution is -0.126. The van der Waals surface area contributed by atoms with Crippen molar-refractivity contribution in [1.82, 2.24) is 5.32 Å². The van der Waals surface area contributed by atoms with Gasteiger partial charge in [-0.05, 0) is 18.8 Å². The average molecular weight is 234 g/mol. The van der Waals surface area contributed by atoms with Crippen LogP contribution in [-0.4, -0.2) is 31.0 Å². The van der Waals surface area contributed by atoms with Crippen molar-refractivity contribution in [3.05, 3.63) is 0 Å². The first-order valence-corrected chi connectivity index (χ1v) is 6.12. The van der Waals surface area contributed by atoms with Gasteiger partial charge in [0, 0.05) is 18.5 Å². The lowest BCUT2D eigenvalue weighted by Crippen LogP contribution is -2.42. The van der Waals surface area contributed by atoms with Crippen LogP contribution in [0.15, 0.2) is 0 Å². The van der Waals surface area contributed by atoms with Gasteiger partial charge in [0.05, 0.1) is 12.5 Å². The number of halogens is 1. The summed E-state index contributed by atoms with van der Waals surface area (Å²) in [5, 5.41) is 3.06. The van der Waals surface area contributed by atoms with Crippen molar-refractivity contribution >= 4 is 17.5 Å². The highest BCUT2D eigenvalue weighted by Crippen LogP contribution is 2.14. The summed E-state index contributed by atoms with van der Waals surface area (Å²) < 4.78 is 5.19. The Hall–Kier alpha value is -0.280. The molecule has 1 N–H and O–H groups in total. The van der Waals surface area contributed by atoms with Gasteiger partial charge in [-0.25, -0.2) is 0 Å². The van der Waals surface area contributed by atoms with Gasteiger partial charge in [-0.2, -0.15) is 0 Å². The molecule has 4 heteroatoms. The summed E-state index contributed by atoms with van der Waals surface area (Å²) in [5.41, 5.74) is 0. The van der Waals surface area contributed by atoms with Crippen molar-refractivity contribution in [2.24, 2.45) is 11.8 Å². The number of ether oxygens (including phenoxy) is 1. The molecule has 0 radical (unpaired) electrons. The Morgan fingerprint density at radius 1 is 1.60 bits per heavy atom. The molecular formula is C11H20ClNO2. The van der Waals surface area contributed by atoms with Crippen LogP contribution in [0, 0.1) is 11.8 Å². The molecule has 0 aromatic carbocycles. The Bertz CT molecular complexity index is 203. The molecule has 2 unspecified atom stereocenters. The Kier molecular flexibility index (Phi) is 5.40. The van der Waals surface area contributed by atoms with Crippen LogP contribution in [0.25, 0.3) is 0 Å². The molecule has 0 bridgehead atoms. The molecule has 88 valence electrons. The summed E-state index contributed by atoms with van der Waals surface area (Å²) in [5.74, 6) is 1.18. The molecule has 1 fully saturated rings. The van der Waals surface area contributed by atoms with Crippen LogP contribution < -0.4 is 5.32 Å². The van der Waals surface area contributed by atoms with Crippen molar-refractivity contribution in [3.63, 3.8) is 0 Å². The van der Waals surface area contributed by atoms with Crippen LogP contribution in [0.5, 0.6) is 0 Å². The van der Waals surface area contributed by atoms with Gasteiger partial charge in [-0.15, -0.1) is 11.6 Å². The van der Waals surface area contributed by atoms with E-state index in [0.717, 1.165) is 12.8 Å². The Morgan fingerprint density at radius 2 is 2.33 bits per heavy atom. The van der Waals surface area contributed by atoms with Crippen molar-refractivity contribution in [2.45, 2.75) is 32.7 Å². The lowest BCUT2D eigenvalue weighted by atomic mass is 10.00. The summed E-state index contributed by atoms with van der Waals surface area (Å²) in [6.45, 7) is 5.47. The first-order valence-electron chi connectivity index (χ1n) is 5.59. The molecular weight excluding hydrogens is 214 g/mol. The van der Waals surface area contributed by atoms with E-state index in [1.165, 1.54) is 0 Å². The summed E-state index contributed by atoms with van der Waals surface area (Å²) in [6.07, 6.45) is 1.68. The van der Waals surface area contributed by atoms with E-state index in [-0.39, 0.29) is 17.9 Å². The van der Waals surface area contributed by atoms with Crippen molar-refractivity contribution < 1.29 is 9.53 Å². The maximum Gasteiger partial charge on any atom is 0.225 e. The fourth-order valence-electron chi connectivity index (χ4n) is 1.73. The fraction of sp³-hybridized carbons (Fsp3) is 0.909. The first kappa shape index (κ1) is 12.8. The quantitative estimate of drug-likeness (QED) is 0.736. The van der Waals surface area contributed by atoms with Gasteiger partial charge in [0.2, 0.25) is 5.91 Å². The van der Waals surface area contributed by atoms with E-state index in [0.29, 0.717) is 25.0 Å². The van der Waals surface area contributed by atoms with Crippen molar-refractivity contribution in [2.75, 3.05) is 19.1 Å². The van der Waals surface area contributed by atoms with Crippen LogP contribution in [-0.2, 0) is 9.53 Å². The molecule has 1 aliphatic rings. The van der Waals surface area contributed by atoms with E-state index in [1.807, 2.05) is 0 Å². The molecule has 3 nitrogen and oxygen atoms in total. The van der Waals surface area contributed by atoms with Crippen LogP contribution in [0.4, 0.5) is 0 Å². The molecule has 1 aliphatic heterocycles. The minimum Gasteiger partial charge on any atom is -0.381 e. The number of alkyl halides is 1. The third-order valence-corrected chi connectivity index (χ3v) is 3.07. The van der Waals surface area contributed by atoms with Gasteiger partial charge in [-0.3, -0.25) is 4.79 Å². The zero-order valence-electron chi connectivity index (χ0n) is 9.46. The smallest absolute Gasteiger partial charge is 0.225 e. The van der Waals surface area contributed by atoms with Crippen LogP contribution in [0.2, 0.25) is 0 Å². The normalized spacial score (nSPS) is 23.1. The van der Waals surface area contributed by atoms with Gasteiger partial charge < -0.3 is 10.1 Å². The highest BCUT2D eigenvalue weighted by Gasteiger charge is 2.26. The SMILES string of the molecule is CC(C)C(CCCl)NC(=O)C1CCOC1. The molecule has 1 saturated heterocycles. The predicted molar refractivity (Wildman–Crippen MR) is 61.0 cm³/mol. The van der Waals surface area contributed by atoms with Crippen LogP contribution >= 0.6 is 11.6 Å². The zero-order chi connectivity index (χ0) is 11.3. The number of hydrogen-bond donors (Lipinski definition) is 1. The lowest BCUT2D eigenvalue weighted by Gasteiger charge is -2.22. The van der Waals surface area contributed by atoms with E-state index in [4.69, 9.17) is 16.3 Å². The molecule has 0 aromatic heterocycles. The summed E-state index contributed by atoms with van der Waals surface area (Å²) in [4.78, 5) is 11.8. The van der Waals surface area contributed by atoms with Gasteiger partial charge in [0.15, 0.2) is 0 Å². The van der Waals surface area contributed by atoms with Crippen LogP contribution in [0.3, 0.4) is 0 Å². The summed E-state index contributed by atoms with van der Waals surface area (Å²) >= 11 is 5.71. The van der Waals surface area contributed by atoms with E-state index >= 15 is 0 Å². The van der Waals surface area contributed by atoms with Gasteiger partial charge in [-0.1, -0.05) is 13.8 Å². The molecule has 0 spiro atoms. The summed E-state index contributed by atoms with van der Waals surface area (Å²) in [7, 11) is 0. The van der Waals surface area contributed by atoms with Crippen LogP contribution in [0.1, 0.15) is 26.7 Å². The molecule has 2 atom stereocenters. The Morgan fingerprint density at radius 3 is 2.80 bits per heavy atom. The minimum atomic E-state index is 0.0431. The topological polar surface area (TPSA) is 38.3 Å². The predicted octanol–water partition coefficient (Wildman–Crippen LogP) is 1.79. The van der Waals surface area contributed by atoms with E-state index in [2.05, 4.69) is 19.2 Å². The first-order chi connectivity index (χ1) is 7.15. The number of hydrogen-bond acceptors (Lipinski definition) is 2. The number of nitrogens with one attached hydrogen (secondary N) is 1. The Labute approximate surface area is 96.5 Å². The molecule has 0 aromatic rings. The third-order valence-electron chi connectivity index (χ3n) is 2.85. The second-order valence-electron chi connectivity index (χ2n) is 4.40. The molecule has 0 saturated carbocycles. The van der Waals surface area contributed by atoms with Gasteiger partial charge in [0.1, 0.15) is 0 Å². The minimum absolute atomic E-state index is 0.0431. The van der Waals surface area contributed by atoms with Gasteiger partial charge in [0.25, 0.3) is 0 Å². The molecule has 1 rings (SSSR count). The third kappa shape index (κ3) is 3.99. The van der Waals surface area contributed by atoms with Gasteiger partial charge >= 0.3 is 0 Å². The molecule has 1 heterocycles. The highest BCUT2D eigenvalue weighted by molar-refractivity contribution is 6.17. The number of rotatable bonds is 5. The second-order valence-corrected chi connectivity index (χ2v) is 4.78. The molecule has 0 aliphatic carbocycles. The molecule has 15 heavy (non-hydrogen) atoms. The standard InChI is InChI=1S/C11H20ClNO2/c1-8(2)10(3-5-12)13-11(14)9-4-6-15-7-9/h8-10H,3-7H2,1-2H3,(H,13,14). The highest BCUT2D eigenvalue weighted by atomic mass is 35.5.